The van der Waals surface area contributed by atoms with Gasteiger partial charge in [0.25, 0.3) is 0 Å². The molecule has 0 bridgehead atoms. The van der Waals surface area contributed by atoms with Gasteiger partial charge in [0.2, 0.25) is 11.8 Å². The van der Waals surface area contributed by atoms with E-state index in [1.807, 2.05) is 0 Å². The third-order valence-corrected chi connectivity index (χ3v) is 4.48. The number of hydrogen-bond donors (Lipinski definition) is 3. The zero-order chi connectivity index (χ0) is 23.6. The Kier molecular flexibility index (Phi) is 5.77. The minimum atomic E-state index is -4.50. The molecule has 0 amide bonds. The molecule has 4 aromatic rings. The molecule has 0 aliphatic heterocycles. The summed E-state index contributed by atoms with van der Waals surface area (Å²) in [6.07, 6.45) is -0.771. The number of aromatic nitrogens is 5. The van der Waals surface area contributed by atoms with Crippen molar-refractivity contribution < 1.29 is 27.1 Å². The summed E-state index contributed by atoms with van der Waals surface area (Å²) in [6.45, 7) is -1.37. The van der Waals surface area contributed by atoms with Gasteiger partial charge < -0.3 is 20.4 Å². The maximum atomic E-state index is 14.7. The third kappa shape index (κ3) is 4.81. The van der Waals surface area contributed by atoms with Gasteiger partial charge in [0.15, 0.2) is 5.78 Å². The van der Waals surface area contributed by atoms with E-state index in [4.69, 9.17) is 4.74 Å². The molecule has 0 atom stereocenters. The zero-order valence-corrected chi connectivity index (χ0v) is 16.9. The SMILES string of the molecule is COc1ccc(Nc2ccc(C(=O)c3c[nH]c4ncnc(NCC(F)(F)F)c34)c(F)n2)cn1. The van der Waals surface area contributed by atoms with Crippen molar-refractivity contribution in [2.75, 3.05) is 24.3 Å². The summed E-state index contributed by atoms with van der Waals surface area (Å²) >= 11 is 0. The van der Waals surface area contributed by atoms with Gasteiger partial charge in [0, 0.05) is 12.3 Å². The Hall–Kier alpha value is -4.29. The van der Waals surface area contributed by atoms with Crippen molar-refractivity contribution in [3.63, 3.8) is 0 Å². The fourth-order valence-electron chi connectivity index (χ4n) is 3.00. The number of carbonyl (C=O) groups excluding carboxylic acids is 1. The summed E-state index contributed by atoms with van der Waals surface area (Å²) < 4.78 is 57.5. The Morgan fingerprint density at radius 3 is 2.61 bits per heavy atom. The van der Waals surface area contributed by atoms with Crippen molar-refractivity contribution in [3.05, 3.63) is 60.1 Å². The van der Waals surface area contributed by atoms with Crippen LogP contribution in [0.15, 0.2) is 43.0 Å². The van der Waals surface area contributed by atoms with E-state index in [9.17, 15) is 22.4 Å². The normalized spacial score (nSPS) is 11.4. The van der Waals surface area contributed by atoms with Crippen molar-refractivity contribution >= 4 is 34.1 Å². The number of halogens is 4. The molecular formula is C20H15F4N7O2. The number of ketones is 1. The number of carbonyl (C=O) groups is 1. The van der Waals surface area contributed by atoms with Crippen LogP contribution in [0.3, 0.4) is 0 Å². The Balaban J connectivity index is 1.61. The van der Waals surface area contributed by atoms with E-state index in [1.165, 1.54) is 31.6 Å². The molecule has 170 valence electrons. The molecule has 0 saturated heterocycles. The lowest BCUT2D eigenvalue weighted by atomic mass is 10.0. The van der Waals surface area contributed by atoms with E-state index in [-0.39, 0.29) is 33.8 Å². The number of ether oxygens (including phenoxy) is 1. The van der Waals surface area contributed by atoms with E-state index >= 15 is 0 Å². The van der Waals surface area contributed by atoms with Crippen molar-refractivity contribution in [2.24, 2.45) is 0 Å². The summed E-state index contributed by atoms with van der Waals surface area (Å²) in [7, 11) is 1.47. The molecule has 0 radical (unpaired) electrons. The zero-order valence-electron chi connectivity index (χ0n) is 16.9. The van der Waals surface area contributed by atoms with Gasteiger partial charge in [0.1, 0.15) is 30.2 Å². The van der Waals surface area contributed by atoms with Crippen LogP contribution in [0.2, 0.25) is 0 Å². The number of H-pyrrole nitrogens is 1. The largest absolute Gasteiger partial charge is 0.481 e. The van der Waals surface area contributed by atoms with Crippen LogP contribution in [0.5, 0.6) is 5.88 Å². The number of nitrogens with one attached hydrogen (secondary N) is 3. The topological polar surface area (TPSA) is 118 Å². The molecule has 4 heterocycles. The molecule has 33 heavy (non-hydrogen) atoms. The Morgan fingerprint density at radius 1 is 1.12 bits per heavy atom. The minimum absolute atomic E-state index is 0.0117. The Labute approximate surface area is 183 Å². The molecule has 0 fully saturated rings. The first-order valence-electron chi connectivity index (χ1n) is 9.36. The van der Waals surface area contributed by atoms with Crippen molar-refractivity contribution in [1.82, 2.24) is 24.9 Å². The van der Waals surface area contributed by atoms with Gasteiger partial charge in [-0.3, -0.25) is 4.79 Å². The standard InChI is InChI=1S/C20H15F4N7O2/c1-33-14-5-2-10(6-25-14)30-13-4-3-11(17(21)31-13)16(32)12-7-26-18-15(12)19(29-9-28-18)27-8-20(22,23)24/h2-7,9H,8H2,1H3,(H,30,31)(H2,26,27,28,29). The van der Waals surface area contributed by atoms with Gasteiger partial charge in [-0.25, -0.2) is 19.9 Å². The first kappa shape index (κ1) is 21.9. The molecule has 0 saturated carbocycles. The van der Waals surface area contributed by atoms with Crippen molar-refractivity contribution in [1.29, 1.82) is 0 Å². The summed E-state index contributed by atoms with van der Waals surface area (Å²) in [5.41, 5.74) is 0.156. The molecule has 0 spiro atoms. The van der Waals surface area contributed by atoms with E-state index in [1.54, 1.807) is 12.1 Å². The number of fused-ring (bicyclic) bond motifs is 1. The predicted octanol–water partition coefficient (Wildman–Crippen LogP) is 3.84. The fourth-order valence-corrected chi connectivity index (χ4v) is 3.00. The summed E-state index contributed by atoms with van der Waals surface area (Å²) in [6, 6.07) is 5.84. The highest BCUT2D eigenvalue weighted by molar-refractivity contribution is 6.18. The molecule has 3 N–H and O–H groups in total. The number of anilines is 3. The molecule has 0 aliphatic carbocycles. The molecule has 9 nitrogen and oxygen atoms in total. The van der Waals surface area contributed by atoms with Gasteiger partial charge in [0.05, 0.1) is 35.5 Å². The summed E-state index contributed by atoms with van der Waals surface area (Å²) in [5.74, 6) is -1.56. The second kappa shape index (κ2) is 8.68. The van der Waals surface area contributed by atoms with E-state index in [2.05, 4.69) is 35.6 Å². The molecular weight excluding hydrogens is 446 g/mol. The quantitative estimate of drug-likeness (QED) is 0.216. The number of methoxy groups -OCH3 is 1. The third-order valence-electron chi connectivity index (χ3n) is 4.48. The second-order valence-corrected chi connectivity index (χ2v) is 6.70. The lowest BCUT2D eigenvalue weighted by Gasteiger charge is -2.10. The monoisotopic (exact) mass is 461 g/mol. The van der Waals surface area contributed by atoms with Crippen LogP contribution in [-0.4, -0.2) is 50.5 Å². The number of pyridine rings is 2. The predicted molar refractivity (Wildman–Crippen MR) is 110 cm³/mol. The Bertz CT molecular complexity index is 1310. The van der Waals surface area contributed by atoms with Crippen molar-refractivity contribution in [2.45, 2.75) is 6.18 Å². The van der Waals surface area contributed by atoms with Crippen LogP contribution >= 0.6 is 0 Å². The first-order chi connectivity index (χ1) is 15.7. The maximum Gasteiger partial charge on any atom is 0.405 e. The van der Waals surface area contributed by atoms with Crippen LogP contribution in [0, 0.1) is 5.95 Å². The number of aromatic amines is 1. The summed E-state index contributed by atoms with van der Waals surface area (Å²) in [4.78, 5) is 31.1. The van der Waals surface area contributed by atoms with Gasteiger partial charge in [-0.2, -0.15) is 17.6 Å². The molecule has 0 aliphatic rings. The molecule has 13 heteroatoms. The first-order valence-corrected chi connectivity index (χ1v) is 9.36. The van der Waals surface area contributed by atoms with Crippen molar-refractivity contribution in [3.8, 4) is 5.88 Å². The van der Waals surface area contributed by atoms with Crippen LogP contribution in [0.1, 0.15) is 15.9 Å². The van der Waals surface area contributed by atoms with Gasteiger partial charge in [-0.05, 0) is 18.2 Å². The van der Waals surface area contributed by atoms with E-state index < -0.39 is 24.5 Å². The summed E-state index contributed by atoms with van der Waals surface area (Å²) in [5, 5.41) is 4.99. The number of nitrogens with zero attached hydrogens (tertiary/aromatic N) is 4. The van der Waals surface area contributed by atoms with E-state index in [0.29, 0.717) is 11.6 Å². The molecule has 4 aromatic heterocycles. The van der Waals surface area contributed by atoms with Gasteiger partial charge in [-0.1, -0.05) is 0 Å². The lowest BCUT2D eigenvalue weighted by molar-refractivity contribution is -0.115. The maximum absolute atomic E-state index is 14.7. The van der Waals surface area contributed by atoms with Gasteiger partial charge in [-0.15, -0.1) is 0 Å². The van der Waals surface area contributed by atoms with Crippen LogP contribution < -0.4 is 15.4 Å². The molecule has 0 aromatic carbocycles. The molecule has 0 unspecified atom stereocenters. The second-order valence-electron chi connectivity index (χ2n) is 6.70. The average Bonchev–Trinajstić information content (AvgIpc) is 3.22. The van der Waals surface area contributed by atoms with Crippen LogP contribution in [0.25, 0.3) is 11.0 Å². The highest BCUT2D eigenvalue weighted by Crippen LogP contribution is 2.28. The number of alkyl halides is 3. The number of rotatable bonds is 7. The van der Waals surface area contributed by atoms with Crippen LogP contribution in [-0.2, 0) is 0 Å². The smallest absolute Gasteiger partial charge is 0.405 e. The highest BCUT2D eigenvalue weighted by atomic mass is 19.4. The van der Waals surface area contributed by atoms with Gasteiger partial charge >= 0.3 is 6.18 Å². The minimum Gasteiger partial charge on any atom is -0.481 e. The number of hydrogen-bond acceptors (Lipinski definition) is 8. The molecule has 4 rings (SSSR count). The lowest BCUT2D eigenvalue weighted by Crippen LogP contribution is -2.22. The fraction of sp³-hybridized carbons (Fsp3) is 0.150. The van der Waals surface area contributed by atoms with Crippen LogP contribution in [0.4, 0.5) is 34.9 Å². The Morgan fingerprint density at radius 2 is 1.94 bits per heavy atom. The highest BCUT2D eigenvalue weighted by Gasteiger charge is 2.28. The van der Waals surface area contributed by atoms with E-state index in [0.717, 1.165) is 6.33 Å². The average molecular weight is 461 g/mol.